The quantitative estimate of drug-likeness (QED) is 0.756. The van der Waals surface area contributed by atoms with Crippen LogP contribution >= 0.6 is 0 Å². The van der Waals surface area contributed by atoms with Gasteiger partial charge >= 0.3 is 6.61 Å². The second kappa shape index (κ2) is 8.34. The Kier molecular flexibility index (Phi) is 6.15. The van der Waals surface area contributed by atoms with E-state index >= 15 is 0 Å². The third kappa shape index (κ3) is 5.00. The summed E-state index contributed by atoms with van der Waals surface area (Å²) in [7, 11) is 1.43. The van der Waals surface area contributed by atoms with E-state index in [0.29, 0.717) is 12.3 Å². The Morgan fingerprint density at radius 3 is 2.45 bits per heavy atom. The van der Waals surface area contributed by atoms with E-state index in [2.05, 4.69) is 22.2 Å². The third-order valence-corrected chi connectivity index (χ3v) is 3.21. The minimum absolute atomic E-state index is 0.0468. The van der Waals surface area contributed by atoms with Crippen molar-refractivity contribution in [1.29, 1.82) is 0 Å². The number of hydrogen-bond acceptors (Lipinski definition) is 3. The molecule has 0 unspecified atom stereocenters. The number of ether oxygens (including phenoxy) is 2. The fourth-order valence-corrected chi connectivity index (χ4v) is 2.13. The zero-order valence-corrected chi connectivity index (χ0v) is 12.4. The van der Waals surface area contributed by atoms with Crippen molar-refractivity contribution in [2.75, 3.05) is 13.7 Å². The molecule has 2 rings (SSSR count). The van der Waals surface area contributed by atoms with Crippen molar-refractivity contribution in [3.63, 3.8) is 0 Å². The zero-order valence-electron chi connectivity index (χ0n) is 12.4. The van der Waals surface area contributed by atoms with Gasteiger partial charge in [-0.15, -0.1) is 0 Å². The molecular formula is C17H19F2NO2. The van der Waals surface area contributed by atoms with Crippen LogP contribution in [0.25, 0.3) is 0 Å². The highest BCUT2D eigenvalue weighted by Gasteiger charge is 2.10. The molecule has 118 valence electrons. The van der Waals surface area contributed by atoms with Crippen molar-refractivity contribution >= 4 is 0 Å². The molecule has 2 aromatic rings. The van der Waals surface area contributed by atoms with Crippen LogP contribution in [0, 0.1) is 0 Å². The van der Waals surface area contributed by atoms with Crippen molar-refractivity contribution in [3.05, 3.63) is 59.7 Å². The van der Waals surface area contributed by atoms with Gasteiger partial charge in [-0.3, -0.25) is 0 Å². The molecule has 0 aromatic heterocycles. The summed E-state index contributed by atoms with van der Waals surface area (Å²) >= 11 is 0. The monoisotopic (exact) mass is 307 g/mol. The molecule has 0 amide bonds. The Bertz CT molecular complexity index is 576. The summed E-state index contributed by atoms with van der Waals surface area (Å²) in [5, 5.41) is 3.32. The van der Waals surface area contributed by atoms with Gasteiger partial charge in [-0.05, 0) is 36.2 Å². The van der Waals surface area contributed by atoms with E-state index < -0.39 is 6.61 Å². The molecule has 3 nitrogen and oxygen atoms in total. The highest BCUT2D eigenvalue weighted by molar-refractivity contribution is 5.43. The lowest BCUT2D eigenvalue weighted by Crippen LogP contribution is -2.16. The molecule has 0 aliphatic heterocycles. The molecule has 0 aliphatic rings. The van der Waals surface area contributed by atoms with E-state index in [-0.39, 0.29) is 5.75 Å². The first-order valence-corrected chi connectivity index (χ1v) is 7.05. The van der Waals surface area contributed by atoms with E-state index in [0.717, 1.165) is 18.5 Å². The van der Waals surface area contributed by atoms with E-state index in [4.69, 9.17) is 4.74 Å². The van der Waals surface area contributed by atoms with Gasteiger partial charge < -0.3 is 14.8 Å². The molecule has 0 heterocycles. The molecular weight excluding hydrogens is 288 g/mol. The van der Waals surface area contributed by atoms with Crippen LogP contribution in [0.15, 0.2) is 48.5 Å². The van der Waals surface area contributed by atoms with Crippen LogP contribution in [0.4, 0.5) is 8.78 Å². The second-order valence-corrected chi connectivity index (χ2v) is 4.78. The first-order chi connectivity index (χ1) is 10.7. The van der Waals surface area contributed by atoms with Gasteiger partial charge in [0.1, 0.15) is 0 Å². The van der Waals surface area contributed by atoms with E-state index in [1.54, 1.807) is 12.1 Å². The van der Waals surface area contributed by atoms with Gasteiger partial charge in [-0.25, -0.2) is 0 Å². The molecule has 2 aromatic carbocycles. The molecule has 0 saturated heterocycles. The molecule has 0 radical (unpaired) electrons. The summed E-state index contributed by atoms with van der Waals surface area (Å²) in [6, 6.07) is 15.1. The summed E-state index contributed by atoms with van der Waals surface area (Å²) in [6.07, 6.45) is 0.935. The lowest BCUT2D eigenvalue weighted by atomic mass is 10.1. The Morgan fingerprint density at radius 1 is 1.00 bits per heavy atom. The fraction of sp³-hybridized carbons (Fsp3) is 0.294. The van der Waals surface area contributed by atoms with Gasteiger partial charge in [0.2, 0.25) is 0 Å². The Balaban J connectivity index is 1.85. The molecule has 0 spiro atoms. The molecule has 0 fully saturated rings. The van der Waals surface area contributed by atoms with Crippen molar-refractivity contribution in [2.24, 2.45) is 0 Å². The minimum Gasteiger partial charge on any atom is -0.493 e. The zero-order chi connectivity index (χ0) is 15.8. The molecule has 22 heavy (non-hydrogen) atoms. The standard InChI is InChI=1S/C17H19F2NO2/c1-21-16-11-14(7-8-15(16)22-17(18)19)12-20-10-9-13-5-3-2-4-6-13/h2-8,11,17,20H,9-10,12H2,1H3. The Morgan fingerprint density at radius 2 is 1.77 bits per heavy atom. The van der Waals surface area contributed by atoms with Gasteiger partial charge in [-0.2, -0.15) is 8.78 Å². The van der Waals surface area contributed by atoms with Crippen LogP contribution < -0.4 is 14.8 Å². The lowest BCUT2D eigenvalue weighted by Gasteiger charge is -2.12. The largest absolute Gasteiger partial charge is 0.493 e. The van der Waals surface area contributed by atoms with Crippen LogP contribution in [0.1, 0.15) is 11.1 Å². The van der Waals surface area contributed by atoms with E-state index in [9.17, 15) is 8.78 Å². The van der Waals surface area contributed by atoms with Gasteiger partial charge in [0.05, 0.1) is 7.11 Å². The van der Waals surface area contributed by atoms with Crippen LogP contribution in [0.2, 0.25) is 0 Å². The number of alkyl halides is 2. The van der Waals surface area contributed by atoms with Crippen LogP contribution in [0.5, 0.6) is 11.5 Å². The summed E-state index contributed by atoms with van der Waals surface area (Å²) in [5.41, 5.74) is 2.22. The predicted octanol–water partition coefficient (Wildman–Crippen LogP) is 3.63. The van der Waals surface area contributed by atoms with Gasteiger partial charge in [0.25, 0.3) is 0 Å². The van der Waals surface area contributed by atoms with Crippen LogP contribution in [-0.2, 0) is 13.0 Å². The smallest absolute Gasteiger partial charge is 0.387 e. The average Bonchev–Trinajstić information content (AvgIpc) is 2.53. The SMILES string of the molecule is COc1cc(CNCCc2ccccc2)ccc1OC(F)F. The summed E-state index contributed by atoms with van der Waals surface area (Å²) in [5.74, 6) is 0.355. The summed E-state index contributed by atoms with van der Waals surface area (Å²) in [4.78, 5) is 0. The second-order valence-electron chi connectivity index (χ2n) is 4.78. The number of benzene rings is 2. The van der Waals surface area contributed by atoms with Gasteiger partial charge in [0, 0.05) is 6.54 Å². The van der Waals surface area contributed by atoms with Crippen molar-refractivity contribution in [2.45, 2.75) is 19.6 Å². The molecule has 5 heteroatoms. The molecule has 0 bridgehead atoms. The first-order valence-electron chi connectivity index (χ1n) is 7.05. The van der Waals surface area contributed by atoms with E-state index in [1.807, 2.05) is 18.2 Å². The minimum atomic E-state index is -2.86. The molecule has 1 N–H and O–H groups in total. The summed E-state index contributed by atoms with van der Waals surface area (Å²) in [6.45, 7) is -1.39. The third-order valence-electron chi connectivity index (χ3n) is 3.21. The lowest BCUT2D eigenvalue weighted by molar-refractivity contribution is -0.0512. The highest BCUT2D eigenvalue weighted by atomic mass is 19.3. The van der Waals surface area contributed by atoms with Crippen molar-refractivity contribution in [3.8, 4) is 11.5 Å². The molecule has 0 atom stereocenters. The molecule has 0 saturated carbocycles. The van der Waals surface area contributed by atoms with Crippen LogP contribution in [-0.4, -0.2) is 20.3 Å². The Labute approximate surface area is 128 Å². The topological polar surface area (TPSA) is 30.5 Å². The first kappa shape index (κ1) is 16.2. The average molecular weight is 307 g/mol. The number of hydrogen-bond donors (Lipinski definition) is 1. The van der Waals surface area contributed by atoms with Gasteiger partial charge in [0.15, 0.2) is 11.5 Å². The normalized spacial score (nSPS) is 10.7. The highest BCUT2D eigenvalue weighted by Crippen LogP contribution is 2.29. The maximum Gasteiger partial charge on any atom is 0.387 e. The van der Waals surface area contributed by atoms with Crippen LogP contribution in [0.3, 0.4) is 0 Å². The molecule has 0 aliphatic carbocycles. The van der Waals surface area contributed by atoms with Crippen molar-refractivity contribution in [1.82, 2.24) is 5.32 Å². The Hall–Kier alpha value is -2.14. The number of halogens is 2. The van der Waals surface area contributed by atoms with E-state index in [1.165, 1.54) is 18.7 Å². The van der Waals surface area contributed by atoms with Gasteiger partial charge in [-0.1, -0.05) is 36.4 Å². The fourth-order valence-electron chi connectivity index (χ4n) is 2.13. The predicted molar refractivity (Wildman–Crippen MR) is 81.5 cm³/mol. The number of rotatable bonds is 8. The van der Waals surface area contributed by atoms with Crippen molar-refractivity contribution < 1.29 is 18.3 Å². The maximum atomic E-state index is 12.3. The number of nitrogens with one attached hydrogen (secondary N) is 1. The number of methoxy groups -OCH3 is 1. The maximum absolute atomic E-state index is 12.3. The summed E-state index contributed by atoms with van der Waals surface area (Å²) < 4.78 is 34.0.